The molecule has 0 fully saturated rings. The molecule has 0 radical (unpaired) electrons. The molecule has 2 rings (SSSR count). The average molecular weight is 239 g/mol. The van der Waals surface area contributed by atoms with Crippen LogP contribution in [0.15, 0.2) is 36.0 Å². The van der Waals surface area contributed by atoms with E-state index < -0.39 is 0 Å². The van der Waals surface area contributed by atoms with Crippen LogP contribution in [0, 0.1) is 0 Å². The van der Waals surface area contributed by atoms with E-state index in [1.165, 1.54) is 5.56 Å². The van der Waals surface area contributed by atoms with E-state index in [1.807, 2.05) is 24.4 Å². The van der Waals surface area contributed by atoms with Gasteiger partial charge in [0.15, 0.2) is 0 Å². The van der Waals surface area contributed by atoms with E-state index in [0.29, 0.717) is 0 Å². The first-order chi connectivity index (χ1) is 7.25. The molecule has 4 heteroatoms. The van der Waals surface area contributed by atoms with E-state index in [2.05, 4.69) is 22.6 Å². The van der Waals surface area contributed by atoms with Crippen molar-refractivity contribution >= 4 is 28.6 Å². The highest BCUT2D eigenvalue weighted by atomic mass is 35.5. The Labute approximate surface area is 97.9 Å². The van der Waals surface area contributed by atoms with Crippen molar-refractivity contribution in [2.45, 2.75) is 13.0 Å². The highest BCUT2D eigenvalue weighted by molar-refractivity contribution is 7.14. The molecule has 0 saturated heterocycles. The van der Waals surface area contributed by atoms with E-state index in [-0.39, 0.29) is 6.04 Å². The zero-order valence-electron chi connectivity index (χ0n) is 8.27. The fourth-order valence-electron chi connectivity index (χ4n) is 1.33. The van der Waals surface area contributed by atoms with Gasteiger partial charge >= 0.3 is 0 Å². The van der Waals surface area contributed by atoms with E-state index in [1.54, 1.807) is 17.5 Å². The zero-order valence-corrected chi connectivity index (χ0v) is 9.85. The topological polar surface area (TPSA) is 24.9 Å². The van der Waals surface area contributed by atoms with Crippen LogP contribution in [0.25, 0.3) is 0 Å². The van der Waals surface area contributed by atoms with E-state index in [9.17, 15) is 0 Å². The highest BCUT2D eigenvalue weighted by Crippen LogP contribution is 2.26. The van der Waals surface area contributed by atoms with Gasteiger partial charge in [-0.25, -0.2) is 0 Å². The quantitative estimate of drug-likeness (QED) is 0.875. The molecule has 0 aliphatic rings. The third-order valence-corrected chi connectivity index (χ3v) is 3.24. The van der Waals surface area contributed by atoms with Gasteiger partial charge in [0.25, 0.3) is 0 Å². The molecule has 1 N–H and O–H groups in total. The second-order valence-electron chi connectivity index (χ2n) is 3.29. The minimum absolute atomic E-state index is 0.248. The molecule has 2 heterocycles. The van der Waals surface area contributed by atoms with Gasteiger partial charge in [-0.3, -0.25) is 4.98 Å². The van der Waals surface area contributed by atoms with Crippen molar-refractivity contribution in [2.24, 2.45) is 0 Å². The van der Waals surface area contributed by atoms with Crippen LogP contribution in [0.1, 0.15) is 18.5 Å². The fraction of sp³-hybridized carbons (Fsp3) is 0.182. The van der Waals surface area contributed by atoms with E-state index >= 15 is 0 Å². The summed E-state index contributed by atoms with van der Waals surface area (Å²) in [5.74, 6) is 0. The van der Waals surface area contributed by atoms with Crippen LogP contribution in [0.3, 0.4) is 0 Å². The van der Waals surface area contributed by atoms with Crippen LogP contribution < -0.4 is 5.32 Å². The zero-order chi connectivity index (χ0) is 10.7. The maximum absolute atomic E-state index is 5.89. The first-order valence-electron chi connectivity index (χ1n) is 4.66. The monoisotopic (exact) mass is 238 g/mol. The maximum atomic E-state index is 5.89. The number of anilines is 1. The van der Waals surface area contributed by atoms with Crippen molar-refractivity contribution in [3.8, 4) is 0 Å². The van der Waals surface area contributed by atoms with Crippen molar-refractivity contribution in [2.75, 3.05) is 5.32 Å². The largest absolute Gasteiger partial charge is 0.377 e. The lowest BCUT2D eigenvalue weighted by Gasteiger charge is -2.13. The van der Waals surface area contributed by atoms with Gasteiger partial charge in [0.2, 0.25) is 0 Å². The number of halogens is 1. The Morgan fingerprint density at radius 2 is 2.40 bits per heavy atom. The van der Waals surface area contributed by atoms with Gasteiger partial charge in [-0.1, -0.05) is 11.6 Å². The van der Waals surface area contributed by atoms with Crippen molar-refractivity contribution < 1.29 is 0 Å². The normalized spacial score (nSPS) is 12.4. The number of aromatic nitrogens is 1. The van der Waals surface area contributed by atoms with Crippen molar-refractivity contribution in [1.29, 1.82) is 0 Å². The number of pyridine rings is 1. The number of nitrogens with one attached hydrogen (secondary N) is 1. The summed E-state index contributed by atoms with van der Waals surface area (Å²) in [4.78, 5) is 4.05. The van der Waals surface area contributed by atoms with Crippen LogP contribution >= 0.6 is 22.9 Å². The maximum Gasteiger partial charge on any atom is 0.0931 e. The summed E-state index contributed by atoms with van der Waals surface area (Å²) in [5, 5.41) is 5.42. The summed E-state index contributed by atoms with van der Waals surface area (Å²) in [6.07, 6.45) is 3.57. The van der Waals surface area contributed by atoms with E-state index in [0.717, 1.165) is 10.0 Å². The lowest BCUT2D eigenvalue weighted by atomic mass is 10.2. The molecule has 1 unspecified atom stereocenters. The Hall–Kier alpha value is -1.06. The van der Waals surface area contributed by atoms with Gasteiger partial charge in [-0.15, -0.1) is 11.3 Å². The molecule has 0 bridgehead atoms. The second-order valence-corrected chi connectivity index (χ2v) is 4.83. The Bertz CT molecular complexity index is 427. The molecule has 0 saturated carbocycles. The predicted molar refractivity (Wildman–Crippen MR) is 65.6 cm³/mol. The molecule has 0 spiro atoms. The minimum atomic E-state index is 0.248. The second kappa shape index (κ2) is 4.64. The van der Waals surface area contributed by atoms with Crippen molar-refractivity contribution in [3.63, 3.8) is 0 Å². The summed E-state index contributed by atoms with van der Waals surface area (Å²) in [6, 6.07) is 6.14. The molecule has 2 aromatic rings. The number of thiophene rings is 1. The first-order valence-corrected chi connectivity index (χ1v) is 5.92. The number of rotatable bonds is 3. The van der Waals surface area contributed by atoms with Crippen LogP contribution in [0.4, 0.5) is 5.69 Å². The Morgan fingerprint density at radius 3 is 3.00 bits per heavy atom. The highest BCUT2D eigenvalue weighted by Gasteiger charge is 2.07. The summed E-state index contributed by atoms with van der Waals surface area (Å²) in [7, 11) is 0. The number of hydrogen-bond donors (Lipinski definition) is 1. The van der Waals surface area contributed by atoms with Gasteiger partial charge < -0.3 is 5.32 Å². The number of hydrogen-bond acceptors (Lipinski definition) is 3. The summed E-state index contributed by atoms with van der Waals surface area (Å²) < 4.78 is 0.824. The Morgan fingerprint density at radius 1 is 1.53 bits per heavy atom. The lowest BCUT2D eigenvalue weighted by Crippen LogP contribution is -2.05. The van der Waals surface area contributed by atoms with Gasteiger partial charge in [-0.2, -0.15) is 0 Å². The Balaban J connectivity index is 2.07. The third kappa shape index (κ3) is 2.70. The molecule has 0 amide bonds. The SMILES string of the molecule is CC(Nc1cccnc1)c1csc(Cl)c1. The van der Waals surface area contributed by atoms with Crippen molar-refractivity contribution in [3.05, 3.63) is 45.9 Å². The molecular formula is C11H11ClN2S. The molecular weight excluding hydrogens is 228 g/mol. The molecule has 15 heavy (non-hydrogen) atoms. The van der Waals surface area contributed by atoms with Gasteiger partial charge in [0.05, 0.1) is 10.0 Å². The fourth-order valence-corrected chi connectivity index (χ4v) is 2.32. The lowest BCUT2D eigenvalue weighted by molar-refractivity contribution is 0.889. The van der Waals surface area contributed by atoms with Crippen LogP contribution in [0.2, 0.25) is 4.34 Å². The molecule has 0 aliphatic heterocycles. The Kier molecular flexibility index (Phi) is 3.23. The van der Waals surface area contributed by atoms with Gasteiger partial charge in [0.1, 0.15) is 0 Å². The molecule has 1 atom stereocenters. The van der Waals surface area contributed by atoms with Crippen LogP contribution in [-0.4, -0.2) is 4.98 Å². The number of nitrogens with zero attached hydrogens (tertiary/aromatic N) is 1. The molecule has 0 aliphatic carbocycles. The predicted octanol–water partition coefficient (Wildman–Crippen LogP) is 3.97. The summed E-state index contributed by atoms with van der Waals surface area (Å²) >= 11 is 7.44. The first kappa shape index (κ1) is 10.5. The average Bonchev–Trinajstić information content (AvgIpc) is 2.66. The molecule has 2 aromatic heterocycles. The van der Waals surface area contributed by atoms with Crippen LogP contribution in [-0.2, 0) is 0 Å². The van der Waals surface area contributed by atoms with E-state index in [4.69, 9.17) is 11.6 Å². The molecule has 2 nitrogen and oxygen atoms in total. The van der Waals surface area contributed by atoms with Gasteiger partial charge in [0, 0.05) is 18.4 Å². The van der Waals surface area contributed by atoms with Crippen molar-refractivity contribution in [1.82, 2.24) is 4.98 Å². The molecule has 78 valence electrons. The smallest absolute Gasteiger partial charge is 0.0931 e. The third-order valence-electron chi connectivity index (χ3n) is 2.13. The minimum Gasteiger partial charge on any atom is -0.377 e. The summed E-state index contributed by atoms with van der Waals surface area (Å²) in [5.41, 5.74) is 2.22. The molecule has 0 aromatic carbocycles. The standard InChI is InChI=1S/C11H11ClN2S/c1-8(9-5-11(12)15-7-9)14-10-3-2-4-13-6-10/h2-8,14H,1H3. The van der Waals surface area contributed by atoms with Gasteiger partial charge in [-0.05, 0) is 36.1 Å². The van der Waals surface area contributed by atoms with Crippen LogP contribution in [0.5, 0.6) is 0 Å². The summed E-state index contributed by atoms with van der Waals surface area (Å²) in [6.45, 7) is 2.10.